The largest absolute Gasteiger partial charge is 0.314 e. The monoisotopic (exact) mass is 837 g/mol. The van der Waals surface area contributed by atoms with E-state index in [2.05, 4.69) is 0 Å². The van der Waals surface area contributed by atoms with E-state index >= 15 is 0 Å². The highest BCUT2D eigenvalue weighted by Crippen LogP contribution is 2.31. The first kappa shape index (κ1) is 54.5. The molecule has 30 heteroatoms. The van der Waals surface area contributed by atoms with Crippen LogP contribution in [0.15, 0.2) is 0 Å². The van der Waals surface area contributed by atoms with Crippen LogP contribution >= 0.6 is 0 Å². The molecule has 8 aromatic carbocycles. The van der Waals surface area contributed by atoms with Crippen LogP contribution in [-0.4, -0.2) is 228 Å². The van der Waals surface area contributed by atoms with Gasteiger partial charge in [0.2, 0.25) is 0 Å². The zero-order chi connectivity index (χ0) is 53.8. The summed E-state index contributed by atoms with van der Waals surface area (Å²) in [6.45, 7) is 0. The van der Waals surface area contributed by atoms with Gasteiger partial charge in [0.05, 0.1) is 0 Å². The lowest BCUT2D eigenvalue weighted by molar-refractivity contribution is 1.37. The fraction of sp³-hybridized carbons (Fsp3) is 0. The molecule has 0 aliphatic heterocycles. The average Bonchev–Trinajstić information content (AvgIpc) is 3.34. The number of rotatable bonds is 5. The average molecular weight is 832 g/mol. The van der Waals surface area contributed by atoms with Gasteiger partial charge in [-0.3, -0.25) is 0 Å². The molecule has 0 atom stereocenters. The third-order valence-electron chi connectivity index (χ3n) is 13.5. The quantitative estimate of drug-likeness (QED) is 0.123. The fourth-order valence-corrected chi connectivity index (χ4v) is 9.49. The maximum absolute atomic E-state index is 7.29. The van der Waals surface area contributed by atoms with E-state index in [4.69, 9.17) is 228 Å². The smallest absolute Gasteiger partial charge is 0.117 e. The van der Waals surface area contributed by atoms with E-state index in [1.54, 1.807) is 0 Å². The van der Waals surface area contributed by atoms with Gasteiger partial charge in [-0.1, -0.05) is 115 Å². The topological polar surface area (TPSA) is 3.24 Å². The summed E-state index contributed by atoms with van der Waals surface area (Å²) in [7, 11) is 194. The Morgan fingerprint density at radius 1 is 0.125 bits per heavy atom. The summed E-state index contributed by atoms with van der Waals surface area (Å²) < 4.78 is 0. The minimum absolute atomic E-state index is 0.0227. The lowest BCUT2D eigenvalue weighted by Crippen LogP contribution is -2.58. The summed E-state index contributed by atoms with van der Waals surface area (Å²) in [5, 5.41) is 0.421. The molecule has 1 nitrogen and oxygen atoms in total. The van der Waals surface area contributed by atoms with Gasteiger partial charge in [0.1, 0.15) is 228 Å². The molecule has 260 valence electrons. The van der Waals surface area contributed by atoms with E-state index in [-0.39, 0.29) is 230 Å². The summed E-state index contributed by atoms with van der Waals surface area (Å²) >= 11 is 0. The molecule has 0 N–H and O–H groups in total. The van der Waals surface area contributed by atoms with Crippen LogP contribution in [0.4, 0.5) is 17.1 Å². The Hall–Kier alpha value is -3.78. The summed E-state index contributed by atoms with van der Waals surface area (Å²) in [6, 6.07) is 0. The van der Waals surface area contributed by atoms with Gasteiger partial charge >= 0.3 is 0 Å². The SMILES string of the molecule is [B]c1c([B])c([B])c(-c2c([B])c([B])c(N(c3c([B])c([B])c(-c4c([B])c([B])c([B])c([B])c4[B])c([B])c3[B])c3c([B])c([B])c4c(c3[B])c([B])c([B])c3c5c([B])c([B])c([B])c([B])c5c([B])c([B])c43)c([B])c2[B])c([B])c1[B]. The highest BCUT2D eigenvalue weighted by atomic mass is 15.2. The van der Waals surface area contributed by atoms with Crippen LogP contribution in [0.5, 0.6) is 0 Å². The summed E-state index contributed by atoms with van der Waals surface area (Å²) in [4.78, 5) is 1.15. The van der Waals surface area contributed by atoms with Gasteiger partial charge in [-0.05, 0) is 54.6 Å². The van der Waals surface area contributed by atoms with Crippen molar-refractivity contribution >= 4 is 435 Å². The number of hydrogen-bond acceptors (Lipinski definition) is 1. The minimum Gasteiger partial charge on any atom is -0.314 e. The van der Waals surface area contributed by atoms with E-state index in [9.17, 15) is 0 Å². The maximum atomic E-state index is 7.29. The molecule has 8 rings (SSSR count). The van der Waals surface area contributed by atoms with Gasteiger partial charge in [0.25, 0.3) is 0 Å². The second kappa shape index (κ2) is 18.8. The van der Waals surface area contributed by atoms with Crippen molar-refractivity contribution in [2.24, 2.45) is 0 Å². The molecule has 0 heterocycles. The van der Waals surface area contributed by atoms with Gasteiger partial charge in [0.15, 0.2) is 0 Å². The van der Waals surface area contributed by atoms with Crippen LogP contribution in [0.2, 0.25) is 0 Å². The molecule has 0 amide bonds. The van der Waals surface area contributed by atoms with Crippen molar-refractivity contribution in [1.82, 2.24) is 0 Å². The Balaban J connectivity index is 1.61. The van der Waals surface area contributed by atoms with Gasteiger partial charge < -0.3 is 4.90 Å². The predicted molar refractivity (Wildman–Crippen MR) is 341 cm³/mol. The third kappa shape index (κ3) is 7.32. The first-order valence-corrected chi connectivity index (χ1v) is 20.8. The van der Waals surface area contributed by atoms with Crippen LogP contribution in [-0.2, 0) is 0 Å². The predicted octanol–water partition coefficient (Wildman–Crippen LogP) is -23.0. The molecule has 8 aromatic rings. The molecule has 0 bridgehead atoms. The van der Waals surface area contributed by atoms with Crippen molar-refractivity contribution in [3.63, 3.8) is 0 Å². The lowest BCUT2D eigenvalue weighted by atomic mass is 9.56. The number of hydrogen-bond donors (Lipinski definition) is 0. The van der Waals surface area contributed by atoms with Crippen molar-refractivity contribution in [3.05, 3.63) is 0 Å². The van der Waals surface area contributed by atoms with E-state index in [0.29, 0.717) is 0 Å². The zero-order valence-electron chi connectivity index (χ0n) is 38.2. The van der Waals surface area contributed by atoms with Crippen LogP contribution in [0.3, 0.4) is 0 Å². The Bertz CT molecular complexity index is 3610. The van der Waals surface area contributed by atoms with Crippen LogP contribution in [0, 0.1) is 0 Å². The molecule has 0 saturated heterocycles. The van der Waals surface area contributed by atoms with E-state index in [1.807, 2.05) is 0 Å². The number of anilines is 3. The van der Waals surface area contributed by atoms with E-state index in [1.165, 1.54) is 0 Å². The lowest BCUT2D eigenvalue weighted by Gasteiger charge is -2.40. The zero-order valence-corrected chi connectivity index (χ0v) is 38.2. The summed E-state index contributed by atoms with van der Waals surface area (Å²) in [5.41, 5.74) is -7.36. The molecule has 0 aromatic heterocycles. The molecular weight excluding hydrogens is 832 g/mol. The van der Waals surface area contributed by atoms with Gasteiger partial charge in [0, 0.05) is 17.1 Å². The highest BCUT2D eigenvalue weighted by Gasteiger charge is 2.31. The Morgan fingerprint density at radius 2 is 0.264 bits per heavy atom. The number of fused-ring (bicyclic) bond motifs is 5. The molecule has 58 radical (unpaired) electrons. The molecule has 0 aliphatic carbocycles. The molecule has 0 fully saturated rings. The Morgan fingerprint density at radius 3 is 0.556 bits per heavy atom. The first-order valence-electron chi connectivity index (χ1n) is 20.8. The Kier molecular flexibility index (Phi) is 14.2. The summed E-state index contributed by atoms with van der Waals surface area (Å²) in [6.07, 6.45) is 0. The number of nitrogens with zero attached hydrogens (tertiary/aromatic N) is 1. The van der Waals surface area contributed by atoms with Crippen molar-refractivity contribution in [1.29, 1.82) is 0 Å². The van der Waals surface area contributed by atoms with Crippen molar-refractivity contribution < 1.29 is 0 Å². The highest BCUT2D eigenvalue weighted by molar-refractivity contribution is 6.78. The normalized spacial score (nSPS) is 11.6. The second-order valence-electron chi connectivity index (χ2n) is 17.1. The molecular formula is C42B29N. The third-order valence-corrected chi connectivity index (χ3v) is 13.5. The maximum Gasteiger partial charge on any atom is 0.117 e. The van der Waals surface area contributed by atoms with Crippen molar-refractivity contribution in [3.8, 4) is 22.3 Å². The molecule has 0 unspecified atom stereocenters. The minimum atomic E-state index is -0.381. The van der Waals surface area contributed by atoms with Gasteiger partial charge in [-0.25, -0.2) is 0 Å². The van der Waals surface area contributed by atoms with E-state index in [0.717, 1.165) is 4.90 Å². The standard InChI is InChI=1S/C42B29N/c43-11-2-1(3-5(15(11)47)17(49)28(60)27(59)13(3)45)12(44)16(48)6-4(2)14(46)35(67)40(26(6)58)72(41-36(68)22(54)9(23(55)37(41)69)7-18(50)29(61)33(65)30(62)19(7)51)42-38(70)24(56)10(25(57)39(42)71)8-20(52)31(63)34(66)32(64)21(8)53. The number of benzene rings is 8. The van der Waals surface area contributed by atoms with Crippen LogP contribution < -0.4 is 163 Å². The van der Waals surface area contributed by atoms with Crippen molar-refractivity contribution in [2.45, 2.75) is 0 Å². The summed E-state index contributed by atoms with van der Waals surface area (Å²) in [5.74, 6) is 0. The molecule has 0 saturated carbocycles. The Labute approximate surface area is 459 Å². The first-order chi connectivity index (χ1) is 33.4. The molecule has 0 aliphatic rings. The fourth-order valence-electron chi connectivity index (χ4n) is 9.49. The molecule has 72 heavy (non-hydrogen) atoms. The molecule has 0 spiro atoms. The van der Waals surface area contributed by atoms with Gasteiger partial charge in [-0.2, -0.15) is 0 Å². The van der Waals surface area contributed by atoms with Gasteiger partial charge in [-0.15, -0.1) is 43.7 Å². The van der Waals surface area contributed by atoms with E-state index < -0.39 is 0 Å². The van der Waals surface area contributed by atoms with Crippen molar-refractivity contribution in [2.75, 3.05) is 4.90 Å². The second-order valence-corrected chi connectivity index (χ2v) is 17.1. The van der Waals surface area contributed by atoms with Crippen LogP contribution in [0.25, 0.3) is 54.6 Å². The van der Waals surface area contributed by atoms with Crippen LogP contribution in [0.1, 0.15) is 0 Å².